The first-order chi connectivity index (χ1) is 13.3. The highest BCUT2D eigenvalue weighted by Crippen LogP contribution is 2.22. The van der Waals surface area contributed by atoms with Crippen LogP contribution in [0.2, 0.25) is 0 Å². The van der Waals surface area contributed by atoms with E-state index in [9.17, 15) is 17.6 Å². The SMILES string of the molecule is C[C@H](C(=O)N1CCN(c2ccc(F)cc2)CC1)N(c1ccccc1)S(C)(=O)=O. The van der Waals surface area contributed by atoms with Crippen LogP contribution in [0, 0.1) is 5.82 Å². The Morgan fingerprint density at radius 3 is 2.11 bits per heavy atom. The molecule has 0 aliphatic carbocycles. The number of rotatable bonds is 5. The zero-order valence-electron chi connectivity index (χ0n) is 16.0. The summed E-state index contributed by atoms with van der Waals surface area (Å²) in [6.45, 7) is 3.78. The van der Waals surface area contributed by atoms with Gasteiger partial charge in [-0.1, -0.05) is 18.2 Å². The third-order valence-corrected chi connectivity index (χ3v) is 6.10. The summed E-state index contributed by atoms with van der Waals surface area (Å²) in [5, 5.41) is 0. The normalized spacial score (nSPS) is 16.0. The van der Waals surface area contributed by atoms with Crippen molar-refractivity contribution in [1.29, 1.82) is 0 Å². The quantitative estimate of drug-likeness (QED) is 0.766. The first-order valence-electron chi connectivity index (χ1n) is 9.11. The minimum absolute atomic E-state index is 0.229. The molecule has 1 amide bonds. The topological polar surface area (TPSA) is 60.9 Å². The second-order valence-electron chi connectivity index (χ2n) is 6.86. The van der Waals surface area contributed by atoms with Crippen molar-refractivity contribution in [3.05, 3.63) is 60.4 Å². The van der Waals surface area contributed by atoms with Crippen LogP contribution in [0.4, 0.5) is 15.8 Å². The van der Waals surface area contributed by atoms with E-state index in [2.05, 4.69) is 4.90 Å². The van der Waals surface area contributed by atoms with E-state index in [1.54, 1.807) is 54.3 Å². The number of hydrogen-bond donors (Lipinski definition) is 0. The number of sulfonamides is 1. The molecule has 0 aromatic heterocycles. The number of benzene rings is 2. The monoisotopic (exact) mass is 405 g/mol. The van der Waals surface area contributed by atoms with E-state index in [4.69, 9.17) is 0 Å². The second kappa shape index (κ2) is 8.18. The molecule has 0 saturated carbocycles. The van der Waals surface area contributed by atoms with Crippen LogP contribution in [0.25, 0.3) is 0 Å². The van der Waals surface area contributed by atoms with Crippen molar-refractivity contribution in [2.24, 2.45) is 0 Å². The lowest BCUT2D eigenvalue weighted by Gasteiger charge is -2.39. The van der Waals surface area contributed by atoms with Gasteiger partial charge in [0.25, 0.3) is 0 Å². The summed E-state index contributed by atoms with van der Waals surface area (Å²) in [4.78, 5) is 16.8. The number of nitrogens with zero attached hydrogens (tertiary/aromatic N) is 3. The van der Waals surface area contributed by atoms with E-state index in [0.29, 0.717) is 31.9 Å². The molecule has 0 unspecified atom stereocenters. The van der Waals surface area contributed by atoms with Crippen molar-refractivity contribution in [2.45, 2.75) is 13.0 Å². The fourth-order valence-electron chi connectivity index (χ4n) is 3.48. The molecule has 0 radical (unpaired) electrons. The molecule has 1 aliphatic rings. The Morgan fingerprint density at radius 2 is 1.57 bits per heavy atom. The maximum atomic E-state index is 13.1. The minimum atomic E-state index is -3.62. The molecule has 1 aliphatic heterocycles. The third-order valence-electron chi connectivity index (χ3n) is 4.86. The van der Waals surface area contributed by atoms with Crippen molar-refractivity contribution in [1.82, 2.24) is 4.90 Å². The summed E-state index contributed by atoms with van der Waals surface area (Å²) >= 11 is 0. The average molecular weight is 405 g/mol. The van der Waals surface area contributed by atoms with Gasteiger partial charge in [0.1, 0.15) is 11.9 Å². The number of amides is 1. The lowest BCUT2D eigenvalue weighted by atomic mass is 10.2. The molecule has 1 heterocycles. The Balaban J connectivity index is 1.70. The summed E-state index contributed by atoms with van der Waals surface area (Å²) in [6.07, 6.45) is 1.11. The molecule has 1 saturated heterocycles. The largest absolute Gasteiger partial charge is 0.368 e. The van der Waals surface area contributed by atoms with Crippen LogP contribution in [-0.2, 0) is 14.8 Å². The summed E-state index contributed by atoms with van der Waals surface area (Å²) < 4.78 is 38.9. The van der Waals surface area contributed by atoms with Crippen molar-refractivity contribution in [2.75, 3.05) is 41.6 Å². The Labute approximate surface area is 165 Å². The highest BCUT2D eigenvalue weighted by molar-refractivity contribution is 7.92. The number of para-hydroxylation sites is 1. The third kappa shape index (κ3) is 4.44. The summed E-state index contributed by atoms with van der Waals surface area (Å²) in [5.41, 5.74) is 1.37. The summed E-state index contributed by atoms with van der Waals surface area (Å²) in [6, 6.07) is 14.1. The van der Waals surface area contributed by atoms with Crippen LogP contribution in [0.3, 0.4) is 0 Å². The standard InChI is InChI=1S/C20H24FN3O3S/c1-16(24(28(2,26)27)19-6-4-3-5-7-19)20(25)23-14-12-22(13-15-23)18-10-8-17(21)9-11-18/h3-11,16H,12-15H2,1-2H3/t16-/m1/s1. The van der Waals surface area contributed by atoms with Gasteiger partial charge >= 0.3 is 0 Å². The van der Waals surface area contributed by atoms with Crippen LogP contribution >= 0.6 is 0 Å². The van der Waals surface area contributed by atoms with Crippen LogP contribution in [-0.4, -0.2) is 57.7 Å². The maximum Gasteiger partial charge on any atom is 0.246 e. The van der Waals surface area contributed by atoms with E-state index >= 15 is 0 Å². The van der Waals surface area contributed by atoms with E-state index < -0.39 is 16.1 Å². The van der Waals surface area contributed by atoms with Crippen molar-refractivity contribution in [3.8, 4) is 0 Å². The number of carbonyl (C=O) groups is 1. The van der Waals surface area contributed by atoms with Crippen LogP contribution in [0.5, 0.6) is 0 Å². The second-order valence-corrected chi connectivity index (χ2v) is 8.72. The van der Waals surface area contributed by atoms with E-state index in [0.717, 1.165) is 11.9 Å². The minimum Gasteiger partial charge on any atom is -0.368 e. The number of anilines is 2. The lowest BCUT2D eigenvalue weighted by Crippen LogP contribution is -2.55. The zero-order valence-corrected chi connectivity index (χ0v) is 16.8. The number of halogens is 1. The fraction of sp³-hybridized carbons (Fsp3) is 0.350. The highest BCUT2D eigenvalue weighted by Gasteiger charge is 2.33. The molecule has 1 fully saturated rings. The fourth-order valence-corrected chi connectivity index (χ4v) is 4.65. The number of hydrogen-bond acceptors (Lipinski definition) is 4. The molecule has 6 nitrogen and oxygen atoms in total. The van der Waals surface area contributed by atoms with Gasteiger partial charge in [-0.2, -0.15) is 0 Å². The van der Waals surface area contributed by atoms with Crippen molar-refractivity contribution in [3.63, 3.8) is 0 Å². The molecule has 2 aromatic rings. The predicted molar refractivity (Wildman–Crippen MR) is 108 cm³/mol. The van der Waals surface area contributed by atoms with Gasteiger partial charge in [-0.15, -0.1) is 0 Å². The van der Waals surface area contributed by atoms with Gasteiger partial charge in [-0.05, 0) is 43.3 Å². The Bertz CT molecular complexity index is 911. The smallest absolute Gasteiger partial charge is 0.246 e. The van der Waals surface area contributed by atoms with Crippen LogP contribution < -0.4 is 9.21 Å². The van der Waals surface area contributed by atoms with Crippen LogP contribution in [0.1, 0.15) is 6.92 Å². The first-order valence-corrected chi connectivity index (χ1v) is 11.0. The van der Waals surface area contributed by atoms with E-state index in [1.165, 1.54) is 16.4 Å². The van der Waals surface area contributed by atoms with Gasteiger partial charge in [0, 0.05) is 31.9 Å². The number of carbonyl (C=O) groups excluding carboxylic acids is 1. The van der Waals surface area contributed by atoms with Gasteiger partial charge in [0.15, 0.2) is 0 Å². The lowest BCUT2D eigenvalue weighted by molar-refractivity contribution is -0.132. The van der Waals surface area contributed by atoms with Gasteiger partial charge in [-0.3, -0.25) is 9.10 Å². The van der Waals surface area contributed by atoms with Gasteiger partial charge in [0.05, 0.1) is 11.9 Å². The molecule has 150 valence electrons. The zero-order chi connectivity index (χ0) is 20.3. The Hall–Kier alpha value is -2.61. The molecule has 0 bridgehead atoms. The van der Waals surface area contributed by atoms with E-state index in [1.807, 2.05) is 0 Å². The Kier molecular flexibility index (Phi) is 5.88. The molecular weight excluding hydrogens is 381 g/mol. The molecule has 1 atom stereocenters. The maximum absolute atomic E-state index is 13.1. The summed E-state index contributed by atoms with van der Waals surface area (Å²) in [7, 11) is -3.62. The molecular formula is C20H24FN3O3S. The molecule has 3 rings (SSSR count). The predicted octanol–water partition coefficient (Wildman–Crippen LogP) is 2.33. The van der Waals surface area contributed by atoms with Crippen molar-refractivity contribution >= 4 is 27.3 Å². The van der Waals surface area contributed by atoms with Crippen LogP contribution in [0.15, 0.2) is 54.6 Å². The van der Waals surface area contributed by atoms with E-state index in [-0.39, 0.29) is 11.7 Å². The molecule has 0 N–H and O–H groups in total. The van der Waals surface area contributed by atoms with Gasteiger partial charge in [-0.25, -0.2) is 12.8 Å². The molecule has 2 aromatic carbocycles. The number of piperazine rings is 1. The molecule has 8 heteroatoms. The first kappa shape index (κ1) is 20.1. The van der Waals surface area contributed by atoms with Crippen molar-refractivity contribution < 1.29 is 17.6 Å². The summed E-state index contributed by atoms with van der Waals surface area (Å²) in [5.74, 6) is -0.513. The average Bonchev–Trinajstić information content (AvgIpc) is 2.68. The molecule has 28 heavy (non-hydrogen) atoms. The highest BCUT2D eigenvalue weighted by atomic mass is 32.2. The van der Waals surface area contributed by atoms with Gasteiger partial charge in [0.2, 0.25) is 15.9 Å². The Morgan fingerprint density at radius 1 is 1.00 bits per heavy atom. The van der Waals surface area contributed by atoms with Gasteiger partial charge < -0.3 is 9.80 Å². The molecule has 0 spiro atoms.